The van der Waals surface area contributed by atoms with Crippen molar-refractivity contribution in [3.05, 3.63) is 333 Å². The van der Waals surface area contributed by atoms with Crippen LogP contribution in [0.2, 0.25) is 0 Å². The average Bonchev–Trinajstić information content (AvgIpc) is 0.831. The largest absolute Gasteiger partial charge is 0.478 e. The molecule has 1 aliphatic carbocycles. The van der Waals surface area contributed by atoms with E-state index in [0.29, 0.717) is 47.3 Å². The number of ether oxygens (including phenoxy) is 2. The van der Waals surface area contributed by atoms with Crippen molar-refractivity contribution in [2.75, 3.05) is 0 Å². The van der Waals surface area contributed by atoms with Gasteiger partial charge in [-0.3, -0.25) is 4.79 Å². The van der Waals surface area contributed by atoms with Gasteiger partial charge in [0, 0.05) is 35.6 Å². The third-order valence-electron chi connectivity index (χ3n) is 18.5. The predicted octanol–water partition coefficient (Wildman–Crippen LogP) is 26.5. The van der Waals surface area contributed by atoms with E-state index in [4.69, 9.17) is 29.2 Å². The maximum absolute atomic E-state index is 11.4. The van der Waals surface area contributed by atoms with Gasteiger partial charge in [0.05, 0.1) is 18.3 Å². The van der Waals surface area contributed by atoms with E-state index in [1.165, 1.54) is 84.9 Å². The molecule has 1 aromatic rings. The monoisotopic (exact) mass is 1620 g/mol. The van der Waals surface area contributed by atoms with E-state index in [-0.39, 0.29) is 23.8 Å². The molecule has 0 aromatic carbocycles. The molecule has 0 radical (unpaired) electrons. The van der Waals surface area contributed by atoms with Crippen molar-refractivity contribution in [3.63, 3.8) is 0 Å². The maximum atomic E-state index is 11.4. The molecule has 1 aliphatic rings. The van der Waals surface area contributed by atoms with Gasteiger partial charge in [-0.1, -0.05) is 271 Å². The lowest BCUT2D eigenvalue weighted by molar-refractivity contribution is -0.162. The molecule has 6 N–H and O–H groups in total. The SMILES string of the molecule is CC(=C/C=C/C(C)=C/C=C/C(C)=C(C)C)C(=O)O.CC(=C/C=C/C(C)=C/C=CC(C)=C(C)C)C(=O)O.CC(=O)O[C@@H](CC=C(C)C)/C(C)=C/C=C/C(C)=C(C)C.CC(C)=C(C)/C=C/C=C(C)/C=C/C=C(\C)C(=O)O.CC(C)=C(C)C=C/C=C(\C)c1ccc(C)c(=O)o1.CC(C)=CC[C@H](OC1CCC(O)C(O)C1O)/C(C)=C/C=C/C(C)=C(C)C. The molecule has 0 amide bonds. The topological polar surface area (TPSA) is 238 Å². The van der Waals surface area contributed by atoms with Gasteiger partial charge in [-0.2, -0.15) is 0 Å². The third kappa shape index (κ3) is 59.5. The number of aliphatic hydroxyl groups excluding tert-OH is 3. The van der Waals surface area contributed by atoms with Crippen LogP contribution in [-0.4, -0.2) is 91.1 Å². The number of aliphatic carboxylic acids is 3. The average molecular weight is 1620 g/mol. The lowest BCUT2D eigenvalue weighted by Crippen LogP contribution is -2.51. The molecule has 14 nitrogen and oxygen atoms in total. The van der Waals surface area contributed by atoms with Gasteiger partial charge in [-0.25, -0.2) is 19.2 Å². The van der Waals surface area contributed by atoms with Crippen LogP contribution in [-0.2, 0) is 28.7 Å². The smallest absolute Gasteiger partial charge is 0.339 e. The highest BCUT2D eigenvalue weighted by atomic mass is 16.5. The van der Waals surface area contributed by atoms with Crippen LogP contribution in [0.5, 0.6) is 0 Å². The summed E-state index contributed by atoms with van der Waals surface area (Å²) in [5.74, 6) is -2.29. The number of esters is 1. The van der Waals surface area contributed by atoms with Gasteiger partial charge >= 0.3 is 29.5 Å². The Hall–Kier alpha value is -10.1. The zero-order valence-corrected chi connectivity index (χ0v) is 78.1. The Kier molecular flexibility index (Phi) is 62.8. The molecule has 0 spiro atoms. The highest BCUT2D eigenvalue weighted by Gasteiger charge is 2.38. The highest BCUT2D eigenvalue weighted by molar-refractivity contribution is 5.87. The van der Waals surface area contributed by atoms with Crippen molar-refractivity contribution < 1.29 is 63.7 Å². The van der Waals surface area contributed by atoms with Crippen LogP contribution >= 0.6 is 0 Å². The molecule has 1 saturated carbocycles. The molecule has 1 aromatic heterocycles. The Morgan fingerprint density at radius 3 is 0.958 bits per heavy atom. The quantitative estimate of drug-likeness (QED) is 0.0176. The molecule has 0 saturated heterocycles. The van der Waals surface area contributed by atoms with Gasteiger partial charge in [0.1, 0.15) is 24.1 Å². The zero-order valence-electron chi connectivity index (χ0n) is 78.1. The molecule has 2 rings (SSSR count). The van der Waals surface area contributed by atoms with Crippen LogP contribution in [0, 0.1) is 6.92 Å². The number of carbonyl (C=O) groups is 4. The van der Waals surface area contributed by atoms with E-state index in [1.54, 1.807) is 70.2 Å². The molecule has 0 aliphatic heterocycles. The van der Waals surface area contributed by atoms with Crippen LogP contribution in [0.25, 0.3) is 5.57 Å². The van der Waals surface area contributed by atoms with Crippen molar-refractivity contribution in [2.24, 2.45) is 0 Å². The van der Waals surface area contributed by atoms with E-state index in [0.717, 1.165) is 39.9 Å². The Morgan fingerprint density at radius 2 is 0.669 bits per heavy atom. The first-order valence-corrected chi connectivity index (χ1v) is 40.2. The predicted molar refractivity (Wildman–Crippen MR) is 502 cm³/mol. The van der Waals surface area contributed by atoms with Crippen LogP contribution in [0.1, 0.15) is 259 Å². The number of rotatable bonds is 31. The molecule has 650 valence electrons. The molecule has 1 fully saturated rings. The number of hydrogen-bond donors (Lipinski definition) is 6. The Balaban J connectivity index is -0.000000665. The van der Waals surface area contributed by atoms with Crippen molar-refractivity contribution in [3.8, 4) is 0 Å². The second kappa shape index (κ2) is 64.9. The first-order valence-electron chi connectivity index (χ1n) is 40.2. The van der Waals surface area contributed by atoms with Gasteiger partial charge in [0.25, 0.3) is 0 Å². The summed E-state index contributed by atoms with van der Waals surface area (Å²) in [7, 11) is 0. The van der Waals surface area contributed by atoms with Crippen molar-refractivity contribution in [2.45, 2.75) is 291 Å². The number of hydrogen-bond acceptors (Lipinski definition) is 11. The molecule has 1 heterocycles. The van der Waals surface area contributed by atoms with Gasteiger partial charge in [-0.15, -0.1) is 0 Å². The molecule has 6 atom stereocenters. The van der Waals surface area contributed by atoms with Gasteiger partial charge < -0.3 is 44.5 Å². The van der Waals surface area contributed by atoms with Gasteiger partial charge in [-0.05, 0) is 270 Å². The molecule has 14 heteroatoms. The highest BCUT2D eigenvalue weighted by Crippen LogP contribution is 2.27. The molecule has 4 unspecified atom stereocenters. The van der Waals surface area contributed by atoms with Crippen LogP contribution in [0.3, 0.4) is 0 Å². The zero-order chi connectivity index (χ0) is 91.7. The lowest BCUT2D eigenvalue weighted by atomic mass is 9.89. The third-order valence-corrected chi connectivity index (χ3v) is 18.5. The Bertz CT molecular complexity index is 4110. The molecular formula is C104H150O14. The van der Waals surface area contributed by atoms with Gasteiger partial charge in [0.15, 0.2) is 0 Å². The normalized spacial score (nSPS) is 16.4. The minimum atomic E-state index is -1.15. The Morgan fingerprint density at radius 1 is 0.381 bits per heavy atom. The number of allylic oxidation sites excluding steroid dienone is 45. The summed E-state index contributed by atoms with van der Waals surface area (Å²) < 4.78 is 16.7. The minimum Gasteiger partial charge on any atom is -0.478 e. The summed E-state index contributed by atoms with van der Waals surface area (Å²) in [6.45, 7) is 65.4. The number of carboxylic acids is 3. The molecule has 118 heavy (non-hydrogen) atoms. The maximum Gasteiger partial charge on any atom is 0.339 e. The second-order valence-corrected chi connectivity index (χ2v) is 31.4. The summed E-state index contributed by atoms with van der Waals surface area (Å²) >= 11 is 0. The van der Waals surface area contributed by atoms with Crippen molar-refractivity contribution in [1.29, 1.82) is 0 Å². The van der Waals surface area contributed by atoms with E-state index >= 15 is 0 Å². The van der Waals surface area contributed by atoms with Gasteiger partial charge in [0.2, 0.25) is 0 Å². The first-order chi connectivity index (χ1) is 54.8. The number of aliphatic hydroxyl groups is 3. The summed E-state index contributed by atoms with van der Waals surface area (Å²) in [4.78, 5) is 54.2. The summed E-state index contributed by atoms with van der Waals surface area (Å²) in [6, 6.07) is 3.60. The molecular weight excluding hydrogens is 1470 g/mol. The van der Waals surface area contributed by atoms with Crippen molar-refractivity contribution in [1.82, 2.24) is 0 Å². The van der Waals surface area contributed by atoms with Crippen molar-refractivity contribution >= 4 is 29.5 Å². The first kappa shape index (κ1) is 114. The fourth-order valence-corrected chi connectivity index (χ4v) is 8.51. The fraction of sp³-hybridized carbons (Fsp3) is 0.413. The number of carbonyl (C=O) groups excluding carboxylic acids is 1. The summed E-state index contributed by atoms with van der Waals surface area (Å²) in [5.41, 5.74) is 25.3. The van der Waals surface area contributed by atoms with E-state index < -0.39 is 42.3 Å². The Labute approximate surface area is 712 Å². The summed E-state index contributed by atoms with van der Waals surface area (Å²) in [5, 5.41) is 55.9. The standard InChI is InChI=1S/C22H36O4.C18H28O2.C16H20O2.3C16H22O2/c1-14(2)10-12-19(17(6)9-7-8-16(5)15(3)4)26-20-13-11-18(23)21(24)22(20)25;1-13(2)11-12-18(20-17(7)19)16(6)10-8-9-15(5)14(3)4;1-11(2)12(3)7-6-8-13(4)15-10-9-14(5)16(17)18-15;3*1-12(2)14(4)10-6-8-13(3)9-7-11-15(5)16(17)18/h7-10,18-25H,11-13H2,1-6H3;8-11,18H,12H2,1-7H3;6-10H,1-5H3;3*6-11H,1-5H3,(H,17,18)/b8-7+,17-9+;9-8+,16-10+;7-6?,13-8+;9-7+,10-6?,13-8+,15-11?;9-7+,10-6+,13-8+,15-11?;9-7+,10-6+,13-8+,15-11+/t18?,19-,20?,21?,22?;18-;;;;/m00..../s1. The van der Waals surface area contributed by atoms with Crippen LogP contribution in [0.15, 0.2) is 320 Å². The number of carboxylic acid groups (broad SMARTS) is 3. The van der Waals surface area contributed by atoms with Crippen LogP contribution < -0.4 is 5.63 Å². The number of aryl methyl sites for hydroxylation is 1. The second-order valence-electron chi connectivity index (χ2n) is 31.4. The van der Waals surface area contributed by atoms with E-state index in [9.17, 15) is 39.3 Å². The fourth-order valence-electron chi connectivity index (χ4n) is 8.51. The van der Waals surface area contributed by atoms with E-state index in [2.05, 4.69) is 167 Å². The molecule has 0 bridgehead atoms. The lowest BCUT2D eigenvalue weighted by Gasteiger charge is -2.37. The van der Waals surface area contributed by atoms with Crippen LogP contribution in [0.4, 0.5) is 0 Å². The van der Waals surface area contributed by atoms with E-state index in [1.807, 2.05) is 173 Å². The summed E-state index contributed by atoms with van der Waals surface area (Å²) in [6.07, 6.45) is 54.7. The minimum absolute atomic E-state index is 0.177.